The predicted octanol–water partition coefficient (Wildman–Crippen LogP) is 3.66. The van der Waals surface area contributed by atoms with Crippen molar-refractivity contribution in [1.29, 1.82) is 0 Å². The van der Waals surface area contributed by atoms with Crippen LogP contribution in [-0.4, -0.2) is 60.3 Å². The van der Waals surface area contributed by atoms with Crippen LogP contribution in [0.5, 0.6) is 5.75 Å². The van der Waals surface area contributed by atoms with E-state index < -0.39 is 5.91 Å². The van der Waals surface area contributed by atoms with Crippen LogP contribution in [0.15, 0.2) is 48.5 Å². The van der Waals surface area contributed by atoms with Crippen molar-refractivity contribution >= 4 is 17.7 Å². The van der Waals surface area contributed by atoms with Crippen LogP contribution >= 0.6 is 0 Å². The van der Waals surface area contributed by atoms with Crippen molar-refractivity contribution in [3.05, 3.63) is 65.2 Å². The number of carbonyl (C=O) groups excluding carboxylic acids is 3. The van der Waals surface area contributed by atoms with Gasteiger partial charge >= 0.3 is 0 Å². The largest absolute Gasteiger partial charge is 0.494 e. The second-order valence-corrected chi connectivity index (χ2v) is 9.58. The fraction of sp³-hybridized carbons (Fsp3) is 0.464. The molecule has 35 heavy (non-hydrogen) atoms. The van der Waals surface area contributed by atoms with Gasteiger partial charge in [0.25, 0.3) is 5.91 Å². The van der Waals surface area contributed by atoms with E-state index >= 15 is 0 Å². The first-order valence-corrected chi connectivity index (χ1v) is 12.7. The van der Waals surface area contributed by atoms with E-state index in [2.05, 4.69) is 0 Å². The molecule has 1 heterocycles. The quantitative estimate of drug-likeness (QED) is 0.628. The number of nitrogens with two attached hydrogens (primary N) is 1. The lowest BCUT2D eigenvalue weighted by atomic mass is 9.87. The van der Waals surface area contributed by atoms with E-state index in [4.69, 9.17) is 10.5 Å². The molecule has 1 aliphatic heterocycles. The lowest BCUT2D eigenvalue weighted by molar-refractivity contribution is -0.131. The maximum absolute atomic E-state index is 13.1. The molecule has 4 rings (SSSR count). The van der Waals surface area contributed by atoms with Gasteiger partial charge in [0.05, 0.1) is 13.0 Å². The van der Waals surface area contributed by atoms with Crippen molar-refractivity contribution in [3.8, 4) is 5.75 Å². The Morgan fingerprint density at radius 2 is 1.54 bits per heavy atom. The van der Waals surface area contributed by atoms with Gasteiger partial charge in [-0.1, -0.05) is 50.3 Å². The molecule has 0 atom stereocenters. The molecule has 0 radical (unpaired) electrons. The van der Waals surface area contributed by atoms with E-state index in [1.54, 1.807) is 34.1 Å². The van der Waals surface area contributed by atoms with Gasteiger partial charge in [0.1, 0.15) is 5.75 Å². The monoisotopic (exact) mass is 477 g/mol. The molecule has 7 nitrogen and oxygen atoms in total. The molecule has 1 saturated carbocycles. The molecule has 0 bridgehead atoms. The molecule has 2 aromatic carbocycles. The number of rotatable bonds is 8. The van der Waals surface area contributed by atoms with E-state index in [0.29, 0.717) is 43.9 Å². The average molecular weight is 478 g/mol. The molecule has 3 amide bonds. The fourth-order valence-electron chi connectivity index (χ4n) is 4.95. The minimum atomic E-state index is -0.486. The Morgan fingerprint density at radius 3 is 2.23 bits per heavy atom. The Bertz CT molecular complexity index is 1020. The highest BCUT2D eigenvalue weighted by molar-refractivity contribution is 5.95. The zero-order chi connectivity index (χ0) is 24.6. The molecule has 2 aliphatic rings. The summed E-state index contributed by atoms with van der Waals surface area (Å²) in [6.07, 6.45) is 7.96. The molecule has 0 spiro atoms. The van der Waals surface area contributed by atoms with E-state index in [1.165, 1.54) is 32.1 Å². The summed E-state index contributed by atoms with van der Waals surface area (Å²) in [5.41, 5.74) is 7.14. The topological polar surface area (TPSA) is 92.9 Å². The van der Waals surface area contributed by atoms with Crippen molar-refractivity contribution in [2.75, 3.05) is 32.8 Å². The number of nitrogens with zero attached hydrogens (tertiary/aromatic N) is 2. The zero-order valence-corrected chi connectivity index (χ0v) is 20.3. The van der Waals surface area contributed by atoms with Gasteiger partial charge in [0, 0.05) is 37.3 Å². The third-order valence-corrected chi connectivity index (χ3v) is 7.11. The second-order valence-electron chi connectivity index (χ2n) is 9.58. The highest BCUT2D eigenvalue weighted by Crippen LogP contribution is 2.26. The Balaban J connectivity index is 1.24. The number of amides is 3. The summed E-state index contributed by atoms with van der Waals surface area (Å²) in [6.45, 7) is 2.69. The van der Waals surface area contributed by atoms with Gasteiger partial charge in [0.2, 0.25) is 11.8 Å². The van der Waals surface area contributed by atoms with Crippen LogP contribution in [0.2, 0.25) is 0 Å². The van der Waals surface area contributed by atoms with Gasteiger partial charge in [-0.3, -0.25) is 14.4 Å². The summed E-state index contributed by atoms with van der Waals surface area (Å²) in [4.78, 5) is 40.6. The summed E-state index contributed by atoms with van der Waals surface area (Å²) in [5.74, 6) is 0.999. The van der Waals surface area contributed by atoms with Crippen molar-refractivity contribution < 1.29 is 19.1 Å². The van der Waals surface area contributed by atoms with Crippen LogP contribution in [0.1, 0.15) is 64.8 Å². The van der Waals surface area contributed by atoms with E-state index in [1.807, 2.05) is 24.3 Å². The number of ether oxygens (including phenoxy) is 1. The number of hydrogen-bond acceptors (Lipinski definition) is 4. The molecule has 1 saturated heterocycles. The predicted molar refractivity (Wildman–Crippen MR) is 134 cm³/mol. The molecular weight excluding hydrogens is 442 g/mol. The number of carbonyl (C=O) groups is 3. The normalized spacial score (nSPS) is 16.7. The molecule has 2 N–H and O–H groups in total. The van der Waals surface area contributed by atoms with Crippen molar-refractivity contribution in [2.24, 2.45) is 11.7 Å². The number of benzene rings is 2. The molecular formula is C28H35N3O4. The Hall–Kier alpha value is -3.35. The molecule has 7 heteroatoms. The number of piperazine rings is 1. The van der Waals surface area contributed by atoms with Crippen molar-refractivity contribution in [2.45, 2.75) is 44.9 Å². The minimum absolute atomic E-state index is 0.0114. The molecule has 0 aromatic heterocycles. The Morgan fingerprint density at radius 1 is 0.857 bits per heavy atom. The second kappa shape index (κ2) is 11.9. The van der Waals surface area contributed by atoms with Gasteiger partial charge < -0.3 is 20.3 Å². The van der Waals surface area contributed by atoms with Crippen LogP contribution in [0.4, 0.5) is 0 Å². The highest BCUT2D eigenvalue weighted by Gasteiger charge is 2.25. The van der Waals surface area contributed by atoms with Crippen molar-refractivity contribution in [3.63, 3.8) is 0 Å². The van der Waals surface area contributed by atoms with E-state index in [0.717, 1.165) is 23.7 Å². The molecule has 2 fully saturated rings. The first kappa shape index (κ1) is 24.8. The zero-order valence-electron chi connectivity index (χ0n) is 20.3. The standard InChI is InChI=1S/C28H35N3O4/c29-27(33)23-11-9-22(10-12-23)19-26(32)30-14-16-31(17-15-30)28(34)24-7-4-8-25(20-24)35-18-13-21-5-2-1-3-6-21/h4,7-12,20-21H,1-3,5-6,13-19H2,(H2,29,33). The number of hydrogen-bond donors (Lipinski definition) is 1. The summed E-state index contributed by atoms with van der Waals surface area (Å²) in [6, 6.07) is 14.2. The SMILES string of the molecule is NC(=O)c1ccc(CC(=O)N2CCN(C(=O)c3cccc(OCCC4CCCCC4)c3)CC2)cc1. The Kier molecular flexibility index (Phi) is 8.40. The van der Waals surface area contributed by atoms with Gasteiger partial charge in [-0.2, -0.15) is 0 Å². The first-order chi connectivity index (χ1) is 17.0. The van der Waals surface area contributed by atoms with Crippen LogP contribution in [0, 0.1) is 5.92 Å². The maximum atomic E-state index is 13.1. The van der Waals surface area contributed by atoms with Gasteiger partial charge in [-0.05, 0) is 48.2 Å². The lowest BCUT2D eigenvalue weighted by Gasteiger charge is -2.35. The molecule has 2 aromatic rings. The van der Waals surface area contributed by atoms with Gasteiger partial charge in [-0.25, -0.2) is 0 Å². The molecule has 1 aliphatic carbocycles. The maximum Gasteiger partial charge on any atom is 0.254 e. The van der Waals surface area contributed by atoms with Crippen LogP contribution in [0.25, 0.3) is 0 Å². The van der Waals surface area contributed by atoms with Gasteiger partial charge in [0.15, 0.2) is 0 Å². The van der Waals surface area contributed by atoms with Gasteiger partial charge in [-0.15, -0.1) is 0 Å². The van der Waals surface area contributed by atoms with Crippen LogP contribution < -0.4 is 10.5 Å². The summed E-state index contributed by atoms with van der Waals surface area (Å²) in [7, 11) is 0. The Labute approximate surface area is 207 Å². The summed E-state index contributed by atoms with van der Waals surface area (Å²) < 4.78 is 5.96. The average Bonchev–Trinajstić information content (AvgIpc) is 2.89. The molecule has 186 valence electrons. The van der Waals surface area contributed by atoms with Crippen molar-refractivity contribution in [1.82, 2.24) is 9.80 Å². The minimum Gasteiger partial charge on any atom is -0.494 e. The smallest absolute Gasteiger partial charge is 0.254 e. The molecule has 0 unspecified atom stereocenters. The third-order valence-electron chi connectivity index (χ3n) is 7.11. The van der Waals surface area contributed by atoms with E-state index in [9.17, 15) is 14.4 Å². The lowest BCUT2D eigenvalue weighted by Crippen LogP contribution is -2.51. The van der Waals surface area contributed by atoms with Crippen LogP contribution in [-0.2, 0) is 11.2 Å². The highest BCUT2D eigenvalue weighted by atomic mass is 16.5. The third kappa shape index (κ3) is 6.84. The van der Waals surface area contributed by atoms with E-state index in [-0.39, 0.29) is 18.2 Å². The summed E-state index contributed by atoms with van der Waals surface area (Å²) >= 11 is 0. The summed E-state index contributed by atoms with van der Waals surface area (Å²) in [5, 5.41) is 0. The number of primary amides is 1. The first-order valence-electron chi connectivity index (χ1n) is 12.7. The van der Waals surface area contributed by atoms with Crippen LogP contribution in [0.3, 0.4) is 0 Å². The fourth-order valence-corrected chi connectivity index (χ4v) is 4.95.